The highest BCUT2D eigenvalue weighted by Crippen LogP contribution is 2.34. The molecule has 1 N–H and O–H groups in total. The molecule has 3 rings (SSSR count). The van der Waals surface area contributed by atoms with Gasteiger partial charge in [-0.05, 0) is 51.7 Å². The number of hydrogen-bond acceptors (Lipinski definition) is 2. The Labute approximate surface area is 171 Å². The molecule has 0 saturated carbocycles. The van der Waals surface area contributed by atoms with Gasteiger partial charge in [0, 0.05) is 22.3 Å². The summed E-state index contributed by atoms with van der Waals surface area (Å²) in [5.74, 6) is 0.874. The summed E-state index contributed by atoms with van der Waals surface area (Å²) in [6.45, 7) is 3.41. The Kier molecular flexibility index (Phi) is 6.75. The normalized spacial score (nSPS) is 10.6. The van der Waals surface area contributed by atoms with Gasteiger partial charge in [-0.1, -0.05) is 71.4 Å². The first kappa shape index (κ1) is 19.0. The Morgan fingerprint density at radius 1 is 0.885 bits per heavy atom. The number of benzene rings is 3. The van der Waals surface area contributed by atoms with E-state index in [9.17, 15) is 0 Å². The predicted octanol–water partition coefficient (Wildman–Crippen LogP) is 6.97. The highest BCUT2D eigenvalue weighted by molar-refractivity contribution is 9.11. The van der Waals surface area contributed by atoms with Crippen molar-refractivity contribution in [2.75, 3.05) is 5.32 Å². The Balaban J connectivity index is 1.79. The van der Waals surface area contributed by atoms with E-state index in [1.54, 1.807) is 0 Å². The van der Waals surface area contributed by atoms with Crippen molar-refractivity contribution in [1.82, 2.24) is 0 Å². The first-order chi connectivity index (χ1) is 12.7. The maximum absolute atomic E-state index is 6.15. The lowest BCUT2D eigenvalue weighted by molar-refractivity contribution is 0.301. The zero-order valence-corrected chi connectivity index (χ0v) is 17.8. The molecule has 0 bridgehead atoms. The molecule has 0 saturated heterocycles. The van der Waals surface area contributed by atoms with Crippen LogP contribution >= 0.6 is 31.9 Å². The molecule has 2 nitrogen and oxygen atoms in total. The number of halogens is 2. The molecular formula is C22H21Br2NO. The van der Waals surface area contributed by atoms with Crippen LogP contribution in [0.5, 0.6) is 5.75 Å². The maximum atomic E-state index is 6.15. The van der Waals surface area contributed by atoms with E-state index < -0.39 is 0 Å². The minimum Gasteiger partial charge on any atom is -0.487 e. The molecule has 4 heteroatoms. The van der Waals surface area contributed by atoms with Gasteiger partial charge in [0.05, 0.1) is 4.47 Å². The number of hydrogen-bond donors (Lipinski definition) is 1. The van der Waals surface area contributed by atoms with E-state index >= 15 is 0 Å². The van der Waals surface area contributed by atoms with Crippen molar-refractivity contribution in [3.63, 3.8) is 0 Å². The summed E-state index contributed by atoms with van der Waals surface area (Å²) in [7, 11) is 0. The van der Waals surface area contributed by atoms with E-state index in [-0.39, 0.29) is 0 Å². The molecule has 0 amide bonds. The Bertz CT molecular complexity index is 865. The van der Waals surface area contributed by atoms with Crippen LogP contribution in [0.15, 0.2) is 75.7 Å². The molecule has 3 aromatic carbocycles. The van der Waals surface area contributed by atoms with Crippen LogP contribution in [0.3, 0.4) is 0 Å². The second-order valence-corrected chi connectivity index (χ2v) is 7.78. The molecule has 0 atom stereocenters. The average molecular weight is 475 g/mol. The van der Waals surface area contributed by atoms with Crippen molar-refractivity contribution < 1.29 is 4.74 Å². The Hall–Kier alpha value is -1.78. The SMILES string of the molecule is CCc1ccccc1NCc1cc(Br)cc(Br)c1OCc1ccccc1. The molecule has 0 radical (unpaired) electrons. The third kappa shape index (κ3) is 4.89. The maximum Gasteiger partial charge on any atom is 0.139 e. The second-order valence-electron chi connectivity index (χ2n) is 6.01. The first-order valence-electron chi connectivity index (χ1n) is 8.63. The molecule has 0 aliphatic heterocycles. The molecule has 0 aromatic heterocycles. The topological polar surface area (TPSA) is 21.3 Å². The van der Waals surface area contributed by atoms with E-state index in [1.165, 1.54) is 11.3 Å². The van der Waals surface area contributed by atoms with Crippen LogP contribution in [0.4, 0.5) is 5.69 Å². The van der Waals surface area contributed by atoms with Gasteiger partial charge in [-0.3, -0.25) is 0 Å². The van der Waals surface area contributed by atoms with Crippen molar-refractivity contribution in [1.29, 1.82) is 0 Å². The van der Waals surface area contributed by atoms with Crippen molar-refractivity contribution >= 4 is 37.5 Å². The van der Waals surface area contributed by atoms with Gasteiger partial charge in [-0.15, -0.1) is 0 Å². The van der Waals surface area contributed by atoms with Crippen LogP contribution in [-0.2, 0) is 19.6 Å². The number of ether oxygens (including phenoxy) is 1. The van der Waals surface area contributed by atoms with E-state index in [2.05, 4.69) is 86.6 Å². The number of rotatable bonds is 7. The summed E-state index contributed by atoms with van der Waals surface area (Å²) >= 11 is 7.23. The summed E-state index contributed by atoms with van der Waals surface area (Å²) in [6.07, 6.45) is 1.00. The minimum absolute atomic E-state index is 0.541. The van der Waals surface area contributed by atoms with Gasteiger partial charge in [0.15, 0.2) is 0 Å². The quantitative estimate of drug-likeness (QED) is 0.399. The summed E-state index contributed by atoms with van der Waals surface area (Å²) < 4.78 is 8.12. The monoisotopic (exact) mass is 473 g/mol. The molecule has 0 aliphatic carbocycles. The predicted molar refractivity (Wildman–Crippen MR) is 116 cm³/mol. The van der Waals surface area contributed by atoms with Gasteiger partial charge >= 0.3 is 0 Å². The average Bonchev–Trinajstić information content (AvgIpc) is 2.66. The van der Waals surface area contributed by atoms with Crippen molar-refractivity contribution in [3.05, 3.63) is 92.4 Å². The standard InChI is InChI=1S/C22H21Br2NO/c1-2-17-10-6-7-11-21(17)25-14-18-12-19(23)13-20(24)22(18)26-15-16-8-4-3-5-9-16/h3-13,25H,2,14-15H2,1H3. The fourth-order valence-electron chi connectivity index (χ4n) is 2.83. The minimum atomic E-state index is 0.541. The van der Waals surface area contributed by atoms with Gasteiger partial charge < -0.3 is 10.1 Å². The highest BCUT2D eigenvalue weighted by Gasteiger charge is 2.11. The van der Waals surface area contributed by atoms with Crippen LogP contribution < -0.4 is 10.1 Å². The summed E-state index contributed by atoms with van der Waals surface area (Å²) in [5.41, 5.74) is 4.74. The number of para-hydroxylation sites is 1. The lowest BCUT2D eigenvalue weighted by Gasteiger charge is -2.16. The summed E-state index contributed by atoms with van der Waals surface area (Å²) in [6, 6.07) is 22.8. The van der Waals surface area contributed by atoms with Gasteiger partial charge in [0.2, 0.25) is 0 Å². The highest BCUT2D eigenvalue weighted by atomic mass is 79.9. The Morgan fingerprint density at radius 3 is 2.38 bits per heavy atom. The van der Waals surface area contributed by atoms with Crippen molar-refractivity contribution in [2.24, 2.45) is 0 Å². The van der Waals surface area contributed by atoms with Crippen LogP contribution in [0.2, 0.25) is 0 Å². The van der Waals surface area contributed by atoms with E-state index in [0.717, 1.165) is 32.2 Å². The molecule has 26 heavy (non-hydrogen) atoms. The van der Waals surface area contributed by atoms with E-state index in [4.69, 9.17) is 4.74 Å². The molecule has 134 valence electrons. The van der Waals surface area contributed by atoms with Gasteiger partial charge in [-0.25, -0.2) is 0 Å². The zero-order chi connectivity index (χ0) is 18.4. The van der Waals surface area contributed by atoms with Gasteiger partial charge in [-0.2, -0.15) is 0 Å². The Morgan fingerprint density at radius 2 is 1.62 bits per heavy atom. The molecular weight excluding hydrogens is 454 g/mol. The van der Waals surface area contributed by atoms with Gasteiger partial charge in [0.25, 0.3) is 0 Å². The number of nitrogens with one attached hydrogen (secondary N) is 1. The largest absolute Gasteiger partial charge is 0.487 e. The van der Waals surface area contributed by atoms with Crippen LogP contribution in [0, 0.1) is 0 Å². The lowest BCUT2D eigenvalue weighted by atomic mass is 10.1. The second kappa shape index (κ2) is 9.24. The van der Waals surface area contributed by atoms with Gasteiger partial charge in [0.1, 0.15) is 12.4 Å². The molecule has 0 fully saturated rings. The van der Waals surface area contributed by atoms with Crippen LogP contribution in [-0.4, -0.2) is 0 Å². The third-order valence-electron chi connectivity index (χ3n) is 4.18. The molecule has 0 aliphatic rings. The van der Waals surface area contributed by atoms with Crippen molar-refractivity contribution in [2.45, 2.75) is 26.5 Å². The third-order valence-corrected chi connectivity index (χ3v) is 5.23. The van der Waals surface area contributed by atoms with Crippen molar-refractivity contribution in [3.8, 4) is 5.75 Å². The zero-order valence-electron chi connectivity index (χ0n) is 14.6. The van der Waals surface area contributed by atoms with E-state index in [1.807, 2.05) is 24.3 Å². The van der Waals surface area contributed by atoms with E-state index in [0.29, 0.717) is 13.2 Å². The molecule has 0 spiro atoms. The summed E-state index contributed by atoms with van der Waals surface area (Å²) in [5, 5.41) is 3.55. The van der Waals surface area contributed by atoms with Crippen LogP contribution in [0.1, 0.15) is 23.6 Å². The summed E-state index contributed by atoms with van der Waals surface area (Å²) in [4.78, 5) is 0. The number of aryl methyl sites for hydroxylation is 1. The molecule has 0 heterocycles. The fourth-order valence-corrected chi connectivity index (χ4v) is 4.26. The smallest absolute Gasteiger partial charge is 0.139 e. The lowest BCUT2D eigenvalue weighted by Crippen LogP contribution is -2.06. The van der Waals surface area contributed by atoms with Crippen LogP contribution in [0.25, 0.3) is 0 Å². The molecule has 0 unspecified atom stereocenters. The number of anilines is 1. The molecule has 3 aromatic rings. The fraction of sp³-hybridized carbons (Fsp3) is 0.182. The first-order valence-corrected chi connectivity index (χ1v) is 10.2.